The van der Waals surface area contributed by atoms with E-state index in [1.165, 1.54) is 12.1 Å². The first-order valence-electron chi connectivity index (χ1n) is 5.52. The molecule has 1 unspecified atom stereocenters. The zero-order chi connectivity index (χ0) is 12.4. The quantitative estimate of drug-likeness (QED) is 0.899. The van der Waals surface area contributed by atoms with E-state index in [4.69, 9.17) is 0 Å². The Kier molecular flexibility index (Phi) is 5.56. The Bertz CT molecular complexity index is 418. The van der Waals surface area contributed by atoms with Crippen molar-refractivity contribution < 1.29 is 9.18 Å². The Morgan fingerprint density at radius 2 is 2.22 bits per heavy atom. The molecule has 0 aromatic heterocycles. The Morgan fingerprint density at radius 3 is 2.78 bits per heavy atom. The highest BCUT2D eigenvalue weighted by molar-refractivity contribution is 9.10. The van der Waals surface area contributed by atoms with Crippen LogP contribution >= 0.6 is 28.3 Å². The van der Waals surface area contributed by atoms with E-state index in [1.807, 2.05) is 0 Å². The molecule has 0 bridgehead atoms. The summed E-state index contributed by atoms with van der Waals surface area (Å²) in [5.41, 5.74) is 0.381. The Morgan fingerprint density at radius 1 is 1.50 bits per heavy atom. The average molecular weight is 338 g/mol. The molecular weight excluding hydrogens is 322 g/mol. The molecule has 1 fully saturated rings. The van der Waals surface area contributed by atoms with Gasteiger partial charge in [0.05, 0.1) is 0 Å². The molecule has 0 saturated carbocycles. The SMILES string of the molecule is CN(C(=O)c1cc(F)cc(Br)c1)C1CCNC1.Cl. The first-order chi connectivity index (χ1) is 8.08. The van der Waals surface area contributed by atoms with Crippen LogP contribution in [-0.4, -0.2) is 37.0 Å². The Hall–Kier alpha value is -0.650. The molecule has 3 nitrogen and oxygen atoms in total. The largest absolute Gasteiger partial charge is 0.337 e. The summed E-state index contributed by atoms with van der Waals surface area (Å²) < 4.78 is 13.8. The van der Waals surface area contributed by atoms with Crippen LogP contribution in [0.4, 0.5) is 4.39 Å². The normalized spacial score (nSPS) is 18.3. The standard InChI is InChI=1S/C12H14BrFN2O.ClH/c1-16(11-2-3-15-7-11)12(17)8-4-9(13)6-10(14)5-8;/h4-6,11,15H,2-3,7H2,1H3;1H. The van der Waals surface area contributed by atoms with Gasteiger partial charge in [-0.2, -0.15) is 0 Å². The Balaban J connectivity index is 0.00000162. The van der Waals surface area contributed by atoms with Gasteiger partial charge in [-0.1, -0.05) is 15.9 Å². The molecule has 1 aliphatic heterocycles. The third kappa shape index (κ3) is 3.43. The molecule has 1 aromatic rings. The highest BCUT2D eigenvalue weighted by Crippen LogP contribution is 2.18. The van der Waals surface area contributed by atoms with Crippen LogP contribution in [0.5, 0.6) is 0 Å². The highest BCUT2D eigenvalue weighted by atomic mass is 79.9. The second-order valence-corrected chi connectivity index (χ2v) is 5.14. The maximum atomic E-state index is 13.2. The maximum absolute atomic E-state index is 13.2. The van der Waals surface area contributed by atoms with E-state index in [2.05, 4.69) is 21.2 Å². The van der Waals surface area contributed by atoms with Gasteiger partial charge in [0.25, 0.3) is 5.91 Å². The van der Waals surface area contributed by atoms with Crippen LogP contribution in [0.2, 0.25) is 0 Å². The summed E-state index contributed by atoms with van der Waals surface area (Å²) in [6.07, 6.45) is 0.943. The number of nitrogens with one attached hydrogen (secondary N) is 1. The molecular formula is C12H15BrClFN2O. The van der Waals surface area contributed by atoms with Crippen LogP contribution in [-0.2, 0) is 0 Å². The summed E-state index contributed by atoms with van der Waals surface area (Å²) >= 11 is 3.19. The van der Waals surface area contributed by atoms with Crippen LogP contribution in [0, 0.1) is 5.82 Å². The lowest BCUT2D eigenvalue weighted by molar-refractivity contribution is 0.0743. The van der Waals surface area contributed by atoms with Crippen molar-refractivity contribution in [2.24, 2.45) is 0 Å². The molecule has 2 rings (SSSR count). The molecule has 0 aliphatic carbocycles. The number of likely N-dealkylation sites (N-methyl/N-ethyl adjacent to an activating group) is 1. The summed E-state index contributed by atoms with van der Waals surface area (Å²) in [6, 6.07) is 4.45. The van der Waals surface area contributed by atoms with Gasteiger partial charge in [-0.3, -0.25) is 4.79 Å². The summed E-state index contributed by atoms with van der Waals surface area (Å²) in [4.78, 5) is 13.8. The molecule has 1 amide bonds. The number of hydrogen-bond acceptors (Lipinski definition) is 2. The van der Waals surface area contributed by atoms with E-state index in [-0.39, 0.29) is 24.4 Å². The number of halogens is 3. The molecule has 18 heavy (non-hydrogen) atoms. The lowest BCUT2D eigenvalue weighted by Gasteiger charge is -2.23. The van der Waals surface area contributed by atoms with Crippen LogP contribution in [0.3, 0.4) is 0 Å². The minimum Gasteiger partial charge on any atom is -0.337 e. The van der Waals surface area contributed by atoms with Crippen LogP contribution in [0.15, 0.2) is 22.7 Å². The van der Waals surface area contributed by atoms with Crippen molar-refractivity contribution in [3.8, 4) is 0 Å². The van der Waals surface area contributed by atoms with Crippen LogP contribution < -0.4 is 5.32 Å². The number of amides is 1. The minimum absolute atomic E-state index is 0. The monoisotopic (exact) mass is 336 g/mol. The molecule has 0 spiro atoms. The van der Waals surface area contributed by atoms with Gasteiger partial charge in [0.2, 0.25) is 0 Å². The molecule has 0 radical (unpaired) electrons. The number of nitrogens with zero attached hydrogens (tertiary/aromatic N) is 1. The van der Waals surface area contributed by atoms with Gasteiger partial charge in [-0.15, -0.1) is 12.4 Å². The predicted octanol–water partition coefficient (Wildman–Crippen LogP) is 2.44. The molecule has 1 saturated heterocycles. The van der Waals surface area contributed by atoms with Crippen molar-refractivity contribution in [2.75, 3.05) is 20.1 Å². The second kappa shape index (κ2) is 6.50. The van der Waals surface area contributed by atoms with E-state index in [1.54, 1.807) is 18.0 Å². The molecule has 1 aromatic carbocycles. The van der Waals surface area contributed by atoms with Crippen molar-refractivity contribution in [3.63, 3.8) is 0 Å². The number of hydrogen-bond donors (Lipinski definition) is 1. The lowest BCUT2D eigenvalue weighted by Crippen LogP contribution is -2.38. The minimum atomic E-state index is -0.402. The molecule has 100 valence electrons. The fourth-order valence-electron chi connectivity index (χ4n) is 2.02. The van der Waals surface area contributed by atoms with Gasteiger partial charge in [0.1, 0.15) is 5.82 Å². The first-order valence-corrected chi connectivity index (χ1v) is 6.31. The second-order valence-electron chi connectivity index (χ2n) is 4.22. The summed E-state index contributed by atoms with van der Waals surface area (Å²) in [7, 11) is 1.76. The van der Waals surface area contributed by atoms with Crippen molar-refractivity contribution >= 4 is 34.2 Å². The molecule has 1 heterocycles. The molecule has 1 N–H and O–H groups in total. The van der Waals surface area contributed by atoms with Gasteiger partial charge in [-0.05, 0) is 31.2 Å². The maximum Gasteiger partial charge on any atom is 0.254 e. The summed E-state index contributed by atoms with van der Waals surface area (Å²) in [5, 5.41) is 3.21. The van der Waals surface area contributed by atoms with E-state index in [9.17, 15) is 9.18 Å². The number of benzene rings is 1. The zero-order valence-electron chi connectivity index (χ0n) is 9.95. The van der Waals surface area contributed by atoms with Gasteiger partial charge in [-0.25, -0.2) is 4.39 Å². The highest BCUT2D eigenvalue weighted by Gasteiger charge is 2.24. The van der Waals surface area contributed by atoms with Crippen LogP contribution in [0.25, 0.3) is 0 Å². The van der Waals surface area contributed by atoms with Crippen molar-refractivity contribution in [3.05, 3.63) is 34.1 Å². The Labute approximate surface area is 120 Å². The number of carbonyl (C=O) groups is 1. The zero-order valence-corrected chi connectivity index (χ0v) is 12.4. The number of rotatable bonds is 2. The fraction of sp³-hybridized carbons (Fsp3) is 0.417. The van der Waals surface area contributed by atoms with Crippen molar-refractivity contribution in [1.82, 2.24) is 10.2 Å². The average Bonchev–Trinajstić information content (AvgIpc) is 2.79. The van der Waals surface area contributed by atoms with E-state index in [0.29, 0.717) is 10.0 Å². The lowest BCUT2D eigenvalue weighted by atomic mass is 10.1. The molecule has 6 heteroatoms. The topological polar surface area (TPSA) is 32.3 Å². The summed E-state index contributed by atoms with van der Waals surface area (Å²) in [5.74, 6) is -0.542. The third-order valence-electron chi connectivity index (χ3n) is 3.01. The first kappa shape index (κ1) is 15.4. The third-order valence-corrected chi connectivity index (χ3v) is 3.47. The van der Waals surface area contributed by atoms with E-state index < -0.39 is 5.82 Å². The van der Waals surface area contributed by atoms with E-state index in [0.717, 1.165) is 19.5 Å². The fourth-order valence-corrected chi connectivity index (χ4v) is 2.48. The molecule has 1 atom stereocenters. The van der Waals surface area contributed by atoms with Crippen molar-refractivity contribution in [1.29, 1.82) is 0 Å². The van der Waals surface area contributed by atoms with Gasteiger partial charge < -0.3 is 10.2 Å². The van der Waals surface area contributed by atoms with Gasteiger partial charge >= 0.3 is 0 Å². The molecule has 1 aliphatic rings. The smallest absolute Gasteiger partial charge is 0.254 e. The van der Waals surface area contributed by atoms with Gasteiger partial charge in [0.15, 0.2) is 0 Å². The summed E-state index contributed by atoms with van der Waals surface area (Å²) in [6.45, 7) is 1.73. The predicted molar refractivity (Wildman–Crippen MR) is 74.7 cm³/mol. The van der Waals surface area contributed by atoms with Crippen molar-refractivity contribution in [2.45, 2.75) is 12.5 Å². The van der Waals surface area contributed by atoms with E-state index >= 15 is 0 Å². The van der Waals surface area contributed by atoms with Crippen LogP contribution in [0.1, 0.15) is 16.8 Å². The number of carbonyl (C=O) groups excluding carboxylic acids is 1. The van der Waals surface area contributed by atoms with Gasteiger partial charge in [0, 0.05) is 29.7 Å².